The van der Waals surface area contributed by atoms with Crippen molar-refractivity contribution in [3.8, 4) is 0 Å². The van der Waals surface area contributed by atoms with Crippen LogP contribution in [0.4, 0.5) is 15.3 Å². The Morgan fingerprint density at radius 3 is 2.23 bits per heavy atom. The van der Waals surface area contributed by atoms with Crippen LogP contribution in [0.2, 0.25) is 0 Å². The van der Waals surface area contributed by atoms with Crippen LogP contribution >= 0.6 is 0 Å². The Balaban J connectivity index is 1.30. The van der Waals surface area contributed by atoms with Crippen LogP contribution in [0.1, 0.15) is 32.8 Å². The molecule has 2 fully saturated rings. The second-order valence-electron chi connectivity index (χ2n) is 10.5. The predicted molar refractivity (Wildman–Crippen MR) is 144 cm³/mol. The molecule has 11 nitrogen and oxygen atoms in total. The molecule has 2 aromatic carbocycles. The number of benzene rings is 2. The summed E-state index contributed by atoms with van der Waals surface area (Å²) in [6.45, 7) is 6.42. The molecule has 2 aliphatic rings. The van der Waals surface area contributed by atoms with Gasteiger partial charge in [-0.3, -0.25) is 4.79 Å². The Kier molecular flexibility index (Phi) is 8.45. The van der Waals surface area contributed by atoms with Gasteiger partial charge in [-0.25, -0.2) is 18.0 Å². The van der Waals surface area contributed by atoms with Crippen LogP contribution in [-0.4, -0.2) is 80.1 Å². The van der Waals surface area contributed by atoms with E-state index in [1.54, 1.807) is 32.9 Å². The van der Waals surface area contributed by atoms with E-state index < -0.39 is 33.9 Å². The largest absolute Gasteiger partial charge is 0.445 e. The van der Waals surface area contributed by atoms with Gasteiger partial charge in [-0.1, -0.05) is 30.3 Å². The topological polar surface area (TPSA) is 126 Å². The van der Waals surface area contributed by atoms with Gasteiger partial charge < -0.3 is 24.6 Å². The monoisotopic (exact) mass is 558 g/mol. The third-order valence-corrected chi connectivity index (χ3v) is 8.25. The van der Waals surface area contributed by atoms with Gasteiger partial charge in [0.2, 0.25) is 15.9 Å². The van der Waals surface area contributed by atoms with Crippen molar-refractivity contribution in [3.05, 3.63) is 60.2 Å². The molecule has 3 amide bonds. The highest BCUT2D eigenvalue weighted by Gasteiger charge is 2.34. The van der Waals surface area contributed by atoms with E-state index in [2.05, 4.69) is 5.32 Å². The molecule has 0 radical (unpaired) electrons. The summed E-state index contributed by atoms with van der Waals surface area (Å²) < 4.78 is 38.4. The summed E-state index contributed by atoms with van der Waals surface area (Å²) >= 11 is 0. The number of hydrogen-bond donors (Lipinski definition) is 1. The Morgan fingerprint density at radius 2 is 1.62 bits per heavy atom. The van der Waals surface area contributed by atoms with E-state index in [0.29, 0.717) is 5.69 Å². The van der Waals surface area contributed by atoms with Crippen molar-refractivity contribution in [3.63, 3.8) is 0 Å². The summed E-state index contributed by atoms with van der Waals surface area (Å²) in [6, 6.07) is 15.0. The summed E-state index contributed by atoms with van der Waals surface area (Å²) in [4.78, 5) is 40.1. The zero-order valence-corrected chi connectivity index (χ0v) is 23.1. The molecule has 39 heavy (non-hydrogen) atoms. The Bertz CT molecular complexity index is 1290. The molecule has 1 N–H and O–H groups in total. The number of hydrogen-bond acceptors (Lipinski definition) is 7. The maximum atomic E-state index is 13.2. The number of anilines is 1. The van der Waals surface area contributed by atoms with Gasteiger partial charge in [0.25, 0.3) is 0 Å². The molecule has 0 bridgehead atoms. The van der Waals surface area contributed by atoms with Crippen molar-refractivity contribution in [1.29, 1.82) is 0 Å². The van der Waals surface area contributed by atoms with Gasteiger partial charge >= 0.3 is 12.2 Å². The zero-order valence-electron chi connectivity index (χ0n) is 22.3. The molecule has 0 aromatic heterocycles. The van der Waals surface area contributed by atoms with E-state index in [-0.39, 0.29) is 56.6 Å². The van der Waals surface area contributed by atoms with Crippen LogP contribution in [0.3, 0.4) is 0 Å². The highest BCUT2D eigenvalue weighted by Crippen LogP contribution is 2.25. The van der Waals surface area contributed by atoms with Crippen LogP contribution in [0.25, 0.3) is 0 Å². The van der Waals surface area contributed by atoms with Crippen LogP contribution in [0.15, 0.2) is 59.5 Å². The first-order valence-electron chi connectivity index (χ1n) is 12.8. The van der Waals surface area contributed by atoms with Crippen molar-refractivity contribution >= 4 is 33.8 Å². The van der Waals surface area contributed by atoms with Crippen molar-refractivity contribution in [1.82, 2.24) is 14.5 Å². The number of sulfonamides is 1. The van der Waals surface area contributed by atoms with Crippen LogP contribution in [0.5, 0.6) is 0 Å². The summed E-state index contributed by atoms with van der Waals surface area (Å²) in [5.74, 6) is -0.179. The van der Waals surface area contributed by atoms with Crippen molar-refractivity contribution < 1.29 is 32.3 Å². The van der Waals surface area contributed by atoms with Gasteiger partial charge in [0.1, 0.15) is 12.2 Å². The maximum absolute atomic E-state index is 13.2. The molecule has 0 spiro atoms. The molecule has 2 heterocycles. The zero-order chi connectivity index (χ0) is 28.2. The van der Waals surface area contributed by atoms with E-state index in [1.807, 2.05) is 30.3 Å². The number of nitrogens with one attached hydrogen (secondary N) is 1. The standard InChI is InChI=1S/C27H34N4O7S/c1-27(2,3)38-25(33)28-21-17-24(32)31(18-21)22-9-11-23(12-10-22)39(35,36)30-15-13-29(14-16-30)26(34)37-19-20-7-5-4-6-8-20/h4-12,21H,13-19H2,1-3H3,(H,28,33). The average Bonchev–Trinajstić information content (AvgIpc) is 3.26. The van der Waals surface area contributed by atoms with E-state index in [4.69, 9.17) is 9.47 Å². The Morgan fingerprint density at radius 1 is 0.974 bits per heavy atom. The lowest BCUT2D eigenvalue weighted by Crippen LogP contribution is -2.50. The Hall–Kier alpha value is -3.64. The molecule has 4 rings (SSSR count). The minimum Gasteiger partial charge on any atom is -0.445 e. The molecule has 2 aliphatic heterocycles. The fraction of sp³-hybridized carbons (Fsp3) is 0.444. The third kappa shape index (κ3) is 7.27. The number of carbonyl (C=O) groups is 3. The second-order valence-corrected chi connectivity index (χ2v) is 12.4. The first-order chi connectivity index (χ1) is 18.4. The Labute approximate surface area is 228 Å². The fourth-order valence-corrected chi connectivity index (χ4v) is 5.82. The van der Waals surface area contributed by atoms with Crippen molar-refractivity contribution in [2.24, 2.45) is 0 Å². The summed E-state index contributed by atoms with van der Waals surface area (Å²) in [6.07, 6.45) is -0.944. The molecule has 12 heteroatoms. The molecule has 0 aliphatic carbocycles. The maximum Gasteiger partial charge on any atom is 0.410 e. The van der Waals surface area contributed by atoms with Crippen LogP contribution in [-0.2, 0) is 30.9 Å². The first-order valence-corrected chi connectivity index (χ1v) is 14.2. The molecular formula is C27H34N4O7S. The van der Waals surface area contributed by atoms with Gasteiger partial charge in [0.05, 0.1) is 10.9 Å². The normalized spacial score (nSPS) is 18.6. The predicted octanol–water partition coefficient (Wildman–Crippen LogP) is 2.96. The van der Waals surface area contributed by atoms with Crippen LogP contribution < -0.4 is 10.2 Å². The molecule has 1 unspecified atom stereocenters. The SMILES string of the molecule is CC(C)(C)OC(=O)NC1CC(=O)N(c2ccc(S(=O)(=O)N3CCN(C(=O)OCc4ccccc4)CC3)cc2)C1. The fourth-order valence-electron chi connectivity index (χ4n) is 4.40. The smallest absolute Gasteiger partial charge is 0.410 e. The number of amides is 3. The number of piperazine rings is 1. The highest BCUT2D eigenvalue weighted by atomic mass is 32.2. The van der Waals surface area contributed by atoms with E-state index in [1.165, 1.54) is 26.2 Å². The van der Waals surface area contributed by atoms with E-state index in [0.717, 1.165) is 5.56 Å². The molecule has 2 saturated heterocycles. The van der Waals surface area contributed by atoms with Crippen LogP contribution in [0, 0.1) is 0 Å². The number of rotatable bonds is 6. The lowest BCUT2D eigenvalue weighted by atomic mass is 10.2. The molecule has 210 valence electrons. The molecule has 1 atom stereocenters. The lowest BCUT2D eigenvalue weighted by molar-refractivity contribution is -0.117. The van der Waals surface area contributed by atoms with Gasteiger partial charge in [-0.15, -0.1) is 0 Å². The minimum absolute atomic E-state index is 0.0985. The van der Waals surface area contributed by atoms with E-state index in [9.17, 15) is 22.8 Å². The molecule has 2 aromatic rings. The highest BCUT2D eigenvalue weighted by molar-refractivity contribution is 7.89. The molecular weight excluding hydrogens is 524 g/mol. The molecule has 0 saturated carbocycles. The summed E-state index contributed by atoms with van der Waals surface area (Å²) in [7, 11) is -3.79. The number of carbonyl (C=O) groups excluding carboxylic acids is 3. The van der Waals surface area contributed by atoms with Gasteiger partial charge in [-0.2, -0.15) is 4.31 Å². The quantitative estimate of drug-likeness (QED) is 0.578. The van der Waals surface area contributed by atoms with E-state index >= 15 is 0 Å². The number of nitrogens with zero attached hydrogens (tertiary/aromatic N) is 3. The summed E-state index contributed by atoms with van der Waals surface area (Å²) in [5, 5.41) is 2.71. The van der Waals surface area contributed by atoms with Crippen molar-refractivity contribution in [2.75, 3.05) is 37.6 Å². The van der Waals surface area contributed by atoms with Gasteiger partial charge in [0.15, 0.2) is 0 Å². The number of ether oxygens (including phenoxy) is 2. The summed E-state index contributed by atoms with van der Waals surface area (Å²) in [5.41, 5.74) is 0.769. The number of alkyl carbamates (subject to hydrolysis) is 1. The third-order valence-electron chi connectivity index (χ3n) is 6.33. The minimum atomic E-state index is -3.79. The van der Waals surface area contributed by atoms with Gasteiger partial charge in [0, 0.05) is 44.8 Å². The first kappa shape index (κ1) is 28.4. The lowest BCUT2D eigenvalue weighted by Gasteiger charge is -2.33. The average molecular weight is 559 g/mol. The second kappa shape index (κ2) is 11.6. The van der Waals surface area contributed by atoms with Gasteiger partial charge in [-0.05, 0) is 50.6 Å². The van der Waals surface area contributed by atoms with Crippen molar-refractivity contribution in [2.45, 2.75) is 50.3 Å².